The fourth-order valence-electron chi connectivity index (χ4n) is 2.97. The highest BCUT2D eigenvalue weighted by atomic mass is 32.2. The van der Waals surface area contributed by atoms with Crippen molar-refractivity contribution in [2.45, 2.75) is 24.6 Å². The van der Waals surface area contributed by atoms with Crippen molar-refractivity contribution in [2.24, 2.45) is 0 Å². The van der Waals surface area contributed by atoms with Crippen LogP contribution >= 0.6 is 0 Å². The van der Waals surface area contributed by atoms with Gasteiger partial charge in [0, 0.05) is 12.6 Å². The van der Waals surface area contributed by atoms with Gasteiger partial charge in [0.15, 0.2) is 0 Å². The van der Waals surface area contributed by atoms with Crippen LogP contribution in [0.25, 0.3) is 0 Å². The van der Waals surface area contributed by atoms with Crippen molar-refractivity contribution in [2.75, 3.05) is 6.54 Å². The molecular weight excluding hydrogens is 320 g/mol. The minimum Gasteiger partial charge on any atom is -0.212 e. The van der Waals surface area contributed by atoms with Crippen LogP contribution in [0, 0.1) is 11.6 Å². The zero-order chi connectivity index (χ0) is 16.4. The molecule has 0 amide bonds. The van der Waals surface area contributed by atoms with Gasteiger partial charge in [0.2, 0.25) is 10.0 Å². The zero-order valence-corrected chi connectivity index (χ0v) is 13.3. The molecule has 1 unspecified atom stereocenters. The van der Waals surface area contributed by atoms with Crippen LogP contribution in [0.2, 0.25) is 0 Å². The first kappa shape index (κ1) is 16.1. The van der Waals surface area contributed by atoms with Gasteiger partial charge in [-0.3, -0.25) is 0 Å². The van der Waals surface area contributed by atoms with E-state index in [1.807, 2.05) is 0 Å². The first-order valence-corrected chi connectivity index (χ1v) is 9.06. The third kappa shape index (κ3) is 3.59. The lowest BCUT2D eigenvalue weighted by molar-refractivity contribution is 0.396. The molecule has 0 spiro atoms. The molecule has 0 aliphatic carbocycles. The van der Waals surface area contributed by atoms with E-state index in [4.69, 9.17) is 0 Å². The molecule has 122 valence electrons. The Kier molecular flexibility index (Phi) is 4.46. The summed E-state index contributed by atoms with van der Waals surface area (Å²) >= 11 is 0. The number of sulfonamides is 1. The van der Waals surface area contributed by atoms with Gasteiger partial charge in [0.25, 0.3) is 0 Å². The lowest BCUT2D eigenvalue weighted by Crippen LogP contribution is -2.31. The summed E-state index contributed by atoms with van der Waals surface area (Å²) in [6.45, 7) is 0.450. The predicted molar refractivity (Wildman–Crippen MR) is 84.1 cm³/mol. The molecule has 2 aromatic rings. The molecule has 23 heavy (non-hydrogen) atoms. The van der Waals surface area contributed by atoms with E-state index in [2.05, 4.69) is 0 Å². The Balaban J connectivity index is 1.83. The lowest BCUT2D eigenvalue weighted by atomic mass is 10.1. The van der Waals surface area contributed by atoms with Crippen LogP contribution in [-0.4, -0.2) is 19.3 Å². The Hall–Kier alpha value is -1.79. The second-order valence-electron chi connectivity index (χ2n) is 5.70. The molecule has 0 bridgehead atoms. The van der Waals surface area contributed by atoms with Crippen molar-refractivity contribution in [1.82, 2.24) is 4.31 Å². The zero-order valence-electron chi connectivity index (χ0n) is 12.5. The van der Waals surface area contributed by atoms with Gasteiger partial charge in [-0.25, -0.2) is 17.2 Å². The summed E-state index contributed by atoms with van der Waals surface area (Å²) in [6.07, 6.45) is 1.49. The number of hydrogen-bond donors (Lipinski definition) is 0. The van der Waals surface area contributed by atoms with E-state index in [0.717, 1.165) is 12.0 Å². The summed E-state index contributed by atoms with van der Waals surface area (Å²) < 4.78 is 52.9. The number of benzene rings is 2. The molecule has 2 aromatic carbocycles. The molecule has 0 aromatic heterocycles. The van der Waals surface area contributed by atoms with E-state index < -0.39 is 15.8 Å². The first-order chi connectivity index (χ1) is 11.0. The fraction of sp³-hybridized carbons (Fsp3) is 0.294. The summed E-state index contributed by atoms with van der Waals surface area (Å²) in [4.78, 5) is 0. The molecule has 1 heterocycles. The Bertz CT molecular complexity index is 773. The monoisotopic (exact) mass is 337 g/mol. The highest BCUT2D eigenvalue weighted by Crippen LogP contribution is 2.35. The van der Waals surface area contributed by atoms with Crippen molar-refractivity contribution in [3.05, 3.63) is 71.3 Å². The van der Waals surface area contributed by atoms with Gasteiger partial charge in [-0.2, -0.15) is 4.31 Å². The molecule has 1 aliphatic rings. The van der Waals surface area contributed by atoms with E-state index in [-0.39, 0.29) is 17.6 Å². The molecule has 1 aliphatic heterocycles. The number of nitrogens with zero attached hydrogens (tertiary/aromatic N) is 1. The third-order valence-corrected chi connectivity index (χ3v) is 5.93. The lowest BCUT2D eigenvalue weighted by Gasteiger charge is -2.24. The minimum absolute atomic E-state index is 0.162. The van der Waals surface area contributed by atoms with Crippen molar-refractivity contribution < 1.29 is 17.2 Å². The van der Waals surface area contributed by atoms with Crippen molar-refractivity contribution in [1.29, 1.82) is 0 Å². The van der Waals surface area contributed by atoms with Crippen LogP contribution in [0.4, 0.5) is 8.78 Å². The topological polar surface area (TPSA) is 37.4 Å². The molecule has 3 nitrogen and oxygen atoms in total. The molecule has 1 saturated heterocycles. The average molecular weight is 337 g/mol. The van der Waals surface area contributed by atoms with E-state index in [9.17, 15) is 17.2 Å². The molecule has 6 heteroatoms. The van der Waals surface area contributed by atoms with Gasteiger partial charge in [-0.1, -0.05) is 24.3 Å². The van der Waals surface area contributed by atoms with Crippen LogP contribution < -0.4 is 0 Å². The Morgan fingerprint density at radius 3 is 2.13 bits per heavy atom. The molecule has 1 fully saturated rings. The van der Waals surface area contributed by atoms with Crippen LogP contribution in [0.3, 0.4) is 0 Å². The Morgan fingerprint density at radius 2 is 1.52 bits per heavy atom. The molecule has 0 saturated carbocycles. The van der Waals surface area contributed by atoms with Crippen LogP contribution in [0.15, 0.2) is 48.5 Å². The van der Waals surface area contributed by atoms with Crippen LogP contribution in [-0.2, 0) is 15.8 Å². The van der Waals surface area contributed by atoms with Gasteiger partial charge in [-0.05, 0) is 48.2 Å². The maximum Gasteiger partial charge on any atom is 0.218 e. The quantitative estimate of drug-likeness (QED) is 0.854. The van der Waals surface area contributed by atoms with Crippen LogP contribution in [0.5, 0.6) is 0 Å². The van der Waals surface area contributed by atoms with E-state index in [1.54, 1.807) is 12.1 Å². The Labute approximate surface area is 134 Å². The first-order valence-electron chi connectivity index (χ1n) is 7.45. The summed E-state index contributed by atoms with van der Waals surface area (Å²) in [5.74, 6) is -0.894. The van der Waals surface area contributed by atoms with Crippen molar-refractivity contribution in [3.8, 4) is 0 Å². The number of rotatable bonds is 4. The van der Waals surface area contributed by atoms with Crippen molar-refractivity contribution >= 4 is 10.0 Å². The number of halogens is 2. The normalized spacial score (nSPS) is 19.1. The van der Waals surface area contributed by atoms with Gasteiger partial charge >= 0.3 is 0 Å². The predicted octanol–water partition coefficient (Wildman–Crippen LogP) is 3.63. The highest BCUT2D eigenvalue weighted by Gasteiger charge is 2.35. The summed E-state index contributed by atoms with van der Waals surface area (Å²) in [6, 6.07) is 11.2. The van der Waals surface area contributed by atoms with Gasteiger partial charge < -0.3 is 0 Å². The standard InChI is InChI=1S/C17H17F2NO2S/c18-15-7-3-13(4-8-15)12-23(21,22)20-11-1-2-17(20)14-5-9-16(19)10-6-14/h3-10,17H,1-2,11-12H2. The second-order valence-corrected chi connectivity index (χ2v) is 7.62. The van der Waals surface area contributed by atoms with E-state index >= 15 is 0 Å². The van der Waals surface area contributed by atoms with E-state index in [0.29, 0.717) is 18.5 Å². The second kappa shape index (κ2) is 6.37. The summed E-state index contributed by atoms with van der Waals surface area (Å²) in [5, 5.41) is 0. The van der Waals surface area contributed by atoms with Gasteiger partial charge in [-0.15, -0.1) is 0 Å². The molecule has 1 atom stereocenters. The SMILES string of the molecule is O=S(=O)(Cc1ccc(F)cc1)N1CCCC1c1ccc(F)cc1. The van der Waals surface area contributed by atoms with Gasteiger partial charge in [0.05, 0.1) is 5.75 Å². The summed E-state index contributed by atoms with van der Waals surface area (Å²) in [7, 11) is -3.52. The average Bonchev–Trinajstić information content (AvgIpc) is 3.01. The molecule has 0 N–H and O–H groups in total. The molecule has 0 radical (unpaired) electrons. The molecule has 3 rings (SSSR count). The Morgan fingerprint density at radius 1 is 0.957 bits per heavy atom. The molecular formula is C17H17F2NO2S. The highest BCUT2D eigenvalue weighted by molar-refractivity contribution is 7.88. The number of hydrogen-bond acceptors (Lipinski definition) is 2. The third-order valence-electron chi connectivity index (χ3n) is 4.08. The minimum atomic E-state index is -3.52. The van der Waals surface area contributed by atoms with Crippen molar-refractivity contribution in [3.63, 3.8) is 0 Å². The smallest absolute Gasteiger partial charge is 0.212 e. The largest absolute Gasteiger partial charge is 0.218 e. The maximum absolute atomic E-state index is 13.1. The maximum atomic E-state index is 13.1. The van der Waals surface area contributed by atoms with E-state index in [1.165, 1.54) is 40.7 Å². The van der Waals surface area contributed by atoms with Gasteiger partial charge in [0.1, 0.15) is 11.6 Å². The van der Waals surface area contributed by atoms with Crippen LogP contribution in [0.1, 0.15) is 30.0 Å². The summed E-state index contributed by atoms with van der Waals surface area (Å²) in [5.41, 5.74) is 1.35. The fourth-order valence-corrected chi connectivity index (χ4v) is 4.77.